The summed E-state index contributed by atoms with van der Waals surface area (Å²) in [5.41, 5.74) is 0.812. The average Bonchev–Trinajstić information content (AvgIpc) is 2.45. The first-order chi connectivity index (χ1) is 10.7. The Balaban J connectivity index is 2.32. The van der Waals surface area contributed by atoms with E-state index in [1.54, 1.807) is 6.08 Å². The van der Waals surface area contributed by atoms with Gasteiger partial charge in [-0.05, 0) is 29.3 Å². The summed E-state index contributed by atoms with van der Waals surface area (Å²) in [6.07, 6.45) is 3.08. The van der Waals surface area contributed by atoms with Gasteiger partial charge in [0.15, 0.2) is 0 Å². The molecule has 0 aromatic heterocycles. The van der Waals surface area contributed by atoms with Crippen LogP contribution >= 0.6 is 23.2 Å². The van der Waals surface area contributed by atoms with Gasteiger partial charge in [0, 0.05) is 17.2 Å². The quantitative estimate of drug-likeness (QED) is 0.335. The first-order valence-electron chi connectivity index (χ1n) is 6.05. The molecule has 0 unspecified atom stereocenters. The average molecular weight is 376 g/mol. The molecule has 0 saturated carbocycles. The molecule has 0 amide bonds. The van der Waals surface area contributed by atoms with Crippen molar-refractivity contribution in [2.75, 3.05) is 0 Å². The number of hydrogen-bond donors (Lipinski definition) is 0. The Morgan fingerprint density at radius 1 is 1.00 bits per heavy atom. The lowest BCUT2D eigenvalue weighted by Crippen LogP contribution is -1.92. The highest BCUT2D eigenvalue weighted by atomic mass is 35.5. The van der Waals surface area contributed by atoms with Gasteiger partial charge in [0.1, 0.15) is 0 Å². The van der Waals surface area contributed by atoms with Crippen LogP contribution in [0.25, 0.3) is 12.2 Å². The lowest BCUT2D eigenvalue weighted by molar-refractivity contribution is -0.384. The maximum Gasteiger partial charge on any atom is 0.332 e. The molecule has 0 radical (unpaired) electrons. The molecular formula is C14H8Cl2FNO4S. The van der Waals surface area contributed by atoms with E-state index in [-0.39, 0.29) is 15.7 Å². The Morgan fingerprint density at radius 2 is 1.52 bits per heavy atom. The molecule has 0 bridgehead atoms. The molecule has 5 nitrogen and oxygen atoms in total. The number of halogens is 3. The number of rotatable bonds is 4. The lowest BCUT2D eigenvalue weighted by Gasteiger charge is -2.02. The molecule has 23 heavy (non-hydrogen) atoms. The summed E-state index contributed by atoms with van der Waals surface area (Å²) in [4.78, 5) is 9.54. The molecule has 2 aromatic rings. The second-order valence-electron chi connectivity index (χ2n) is 4.42. The molecule has 0 aliphatic carbocycles. The van der Waals surface area contributed by atoms with Gasteiger partial charge in [0.25, 0.3) is 5.69 Å². The summed E-state index contributed by atoms with van der Waals surface area (Å²) in [5, 5.41) is 10.8. The molecule has 120 valence electrons. The first kappa shape index (κ1) is 17.4. The van der Waals surface area contributed by atoms with Crippen LogP contribution in [-0.4, -0.2) is 13.3 Å². The van der Waals surface area contributed by atoms with Gasteiger partial charge in [-0.15, -0.1) is 3.89 Å². The fourth-order valence-electron chi connectivity index (χ4n) is 1.74. The Bertz CT molecular complexity index is 913. The Kier molecular flexibility index (Phi) is 5.03. The van der Waals surface area contributed by atoms with Gasteiger partial charge in [-0.25, -0.2) is 0 Å². The van der Waals surface area contributed by atoms with Gasteiger partial charge < -0.3 is 0 Å². The van der Waals surface area contributed by atoms with Crippen LogP contribution in [0.5, 0.6) is 0 Å². The van der Waals surface area contributed by atoms with Crippen molar-refractivity contribution in [1.29, 1.82) is 0 Å². The zero-order valence-corrected chi connectivity index (χ0v) is 13.6. The molecule has 9 heteroatoms. The molecule has 0 aliphatic heterocycles. The molecule has 2 rings (SSSR count). The standard InChI is InChI=1S/C14H8Cl2FNO4S/c15-13-7-11(18(19)20)5-3-9(13)1-2-10-4-6-12(8-14(10)16)23(17,21)22/h1-8H/b2-1-. The molecule has 2 aromatic carbocycles. The van der Waals surface area contributed by atoms with Crippen molar-refractivity contribution in [2.24, 2.45) is 0 Å². The van der Waals surface area contributed by atoms with Gasteiger partial charge in [-0.1, -0.05) is 41.4 Å². The summed E-state index contributed by atoms with van der Waals surface area (Å²) < 4.78 is 34.4. The van der Waals surface area contributed by atoms with Crippen LogP contribution in [0.2, 0.25) is 10.0 Å². The minimum absolute atomic E-state index is 0.0398. The van der Waals surface area contributed by atoms with E-state index in [4.69, 9.17) is 23.2 Å². The number of benzene rings is 2. The highest BCUT2D eigenvalue weighted by Gasteiger charge is 2.13. The van der Waals surface area contributed by atoms with E-state index in [9.17, 15) is 22.4 Å². The monoisotopic (exact) mass is 375 g/mol. The van der Waals surface area contributed by atoms with E-state index in [1.165, 1.54) is 30.3 Å². The molecule has 0 N–H and O–H groups in total. The van der Waals surface area contributed by atoms with Crippen LogP contribution in [0.3, 0.4) is 0 Å². The highest BCUT2D eigenvalue weighted by molar-refractivity contribution is 7.86. The van der Waals surface area contributed by atoms with Crippen LogP contribution in [-0.2, 0) is 10.2 Å². The Morgan fingerprint density at radius 3 is 1.96 bits per heavy atom. The lowest BCUT2D eigenvalue weighted by atomic mass is 10.1. The minimum Gasteiger partial charge on any atom is -0.258 e. The Hall–Kier alpha value is -1.96. The third kappa shape index (κ3) is 4.28. The molecule has 0 saturated heterocycles. The predicted molar refractivity (Wildman–Crippen MR) is 86.8 cm³/mol. The topological polar surface area (TPSA) is 77.3 Å². The van der Waals surface area contributed by atoms with Gasteiger partial charge in [-0.2, -0.15) is 8.42 Å². The van der Waals surface area contributed by atoms with Crippen LogP contribution in [0.4, 0.5) is 9.57 Å². The van der Waals surface area contributed by atoms with E-state index in [2.05, 4.69) is 0 Å². The van der Waals surface area contributed by atoms with E-state index < -0.39 is 20.0 Å². The smallest absolute Gasteiger partial charge is 0.258 e. The molecular weight excluding hydrogens is 368 g/mol. The van der Waals surface area contributed by atoms with Crippen molar-refractivity contribution in [2.45, 2.75) is 4.90 Å². The summed E-state index contributed by atoms with van der Waals surface area (Å²) >= 11 is 11.9. The van der Waals surface area contributed by atoms with E-state index in [1.807, 2.05) is 0 Å². The molecule has 0 atom stereocenters. The van der Waals surface area contributed by atoms with E-state index >= 15 is 0 Å². The number of nitro benzene ring substituents is 1. The number of nitro groups is 1. The third-order valence-corrected chi connectivity index (χ3v) is 4.36. The predicted octanol–water partition coefficient (Wildman–Crippen LogP) is 4.73. The van der Waals surface area contributed by atoms with Crippen molar-refractivity contribution in [1.82, 2.24) is 0 Å². The summed E-state index contributed by atoms with van der Waals surface area (Å²) in [5.74, 6) is 0. The van der Waals surface area contributed by atoms with Crippen molar-refractivity contribution >= 4 is 51.3 Å². The molecule has 0 fully saturated rings. The van der Waals surface area contributed by atoms with Crippen molar-refractivity contribution < 1.29 is 17.2 Å². The van der Waals surface area contributed by atoms with Gasteiger partial charge in [-0.3, -0.25) is 10.1 Å². The van der Waals surface area contributed by atoms with E-state index in [0.717, 1.165) is 12.1 Å². The maximum atomic E-state index is 12.9. The van der Waals surface area contributed by atoms with Crippen LogP contribution < -0.4 is 0 Å². The van der Waals surface area contributed by atoms with Crippen molar-refractivity contribution in [3.05, 3.63) is 67.7 Å². The highest BCUT2D eigenvalue weighted by Crippen LogP contribution is 2.27. The molecule has 0 aliphatic rings. The van der Waals surface area contributed by atoms with Crippen molar-refractivity contribution in [3.8, 4) is 0 Å². The third-order valence-electron chi connectivity index (χ3n) is 2.89. The summed E-state index contributed by atoms with van der Waals surface area (Å²) in [6, 6.07) is 7.38. The van der Waals surface area contributed by atoms with Gasteiger partial charge >= 0.3 is 10.2 Å². The van der Waals surface area contributed by atoms with Crippen LogP contribution in [0.15, 0.2) is 41.3 Å². The zero-order valence-electron chi connectivity index (χ0n) is 11.2. The fraction of sp³-hybridized carbons (Fsp3) is 0. The minimum atomic E-state index is -4.82. The largest absolute Gasteiger partial charge is 0.332 e. The van der Waals surface area contributed by atoms with Gasteiger partial charge in [0.05, 0.1) is 14.8 Å². The normalized spacial score (nSPS) is 11.8. The van der Waals surface area contributed by atoms with E-state index in [0.29, 0.717) is 11.1 Å². The second kappa shape index (κ2) is 6.66. The number of hydrogen-bond acceptors (Lipinski definition) is 4. The zero-order chi connectivity index (χ0) is 17.2. The summed E-state index contributed by atoms with van der Waals surface area (Å²) in [7, 11) is -4.82. The fourth-order valence-corrected chi connectivity index (χ4v) is 2.77. The SMILES string of the molecule is O=[N+]([O-])c1ccc(/C=C\c2ccc(S(=O)(=O)F)cc2Cl)c(Cl)c1. The van der Waals surface area contributed by atoms with Crippen LogP contribution in [0.1, 0.15) is 11.1 Å². The maximum absolute atomic E-state index is 12.9. The van der Waals surface area contributed by atoms with Crippen LogP contribution in [0, 0.1) is 10.1 Å². The Labute approximate surface area is 141 Å². The molecule has 0 heterocycles. The summed E-state index contributed by atoms with van der Waals surface area (Å²) in [6.45, 7) is 0. The number of non-ortho nitro benzene ring substituents is 1. The van der Waals surface area contributed by atoms with Gasteiger partial charge in [0.2, 0.25) is 0 Å². The first-order valence-corrected chi connectivity index (χ1v) is 8.18. The second-order valence-corrected chi connectivity index (χ2v) is 6.58. The number of nitrogens with zero attached hydrogens (tertiary/aromatic N) is 1. The molecule has 0 spiro atoms. The van der Waals surface area contributed by atoms with Crippen molar-refractivity contribution in [3.63, 3.8) is 0 Å².